The lowest BCUT2D eigenvalue weighted by molar-refractivity contribution is 1.18. The number of fused-ring (bicyclic) bond motifs is 3. The van der Waals surface area contributed by atoms with Gasteiger partial charge < -0.3 is 9.47 Å². The number of nitrogens with zero attached hydrogens (tertiary/aromatic N) is 2. The van der Waals surface area contributed by atoms with Crippen LogP contribution in [0.4, 0.5) is 17.1 Å². The van der Waals surface area contributed by atoms with Gasteiger partial charge in [-0.25, -0.2) is 0 Å². The van der Waals surface area contributed by atoms with Crippen LogP contribution in [-0.2, 0) is 0 Å². The Labute approximate surface area is 362 Å². The first-order chi connectivity index (χ1) is 30.8. The van der Waals surface area contributed by atoms with E-state index < -0.39 is 0 Å². The monoisotopic (exact) mass is 790 g/mol. The van der Waals surface area contributed by atoms with Gasteiger partial charge in [0.2, 0.25) is 0 Å². The van der Waals surface area contributed by atoms with Crippen LogP contribution in [0.2, 0.25) is 0 Å². The van der Waals surface area contributed by atoms with E-state index in [0.29, 0.717) is 0 Å². The van der Waals surface area contributed by atoms with Crippen molar-refractivity contribution in [1.82, 2.24) is 4.57 Å². The highest BCUT2D eigenvalue weighted by molar-refractivity contribution is 6.16. The van der Waals surface area contributed by atoms with Crippen LogP contribution in [-0.4, -0.2) is 4.57 Å². The lowest BCUT2D eigenvalue weighted by Gasteiger charge is -2.30. The Bertz CT molecular complexity index is 3310. The summed E-state index contributed by atoms with van der Waals surface area (Å²) in [7, 11) is 0. The molecule has 0 amide bonds. The highest BCUT2D eigenvalue weighted by Gasteiger charge is 2.24. The molecule has 0 saturated heterocycles. The smallest absolute Gasteiger partial charge is 0.0547 e. The highest BCUT2D eigenvalue weighted by Crippen LogP contribution is 2.49. The van der Waals surface area contributed by atoms with E-state index in [2.05, 4.69) is 264 Å². The molecule has 0 bridgehead atoms. The zero-order valence-corrected chi connectivity index (χ0v) is 34.1. The molecule has 10 aromatic carbocycles. The number of hydrogen-bond donors (Lipinski definition) is 0. The van der Waals surface area contributed by atoms with Crippen molar-refractivity contribution < 1.29 is 0 Å². The second kappa shape index (κ2) is 16.1. The van der Waals surface area contributed by atoms with Crippen LogP contribution in [0.15, 0.2) is 255 Å². The molecular formula is C60H42N2. The molecule has 1 heterocycles. The predicted molar refractivity (Wildman–Crippen MR) is 263 cm³/mol. The quantitative estimate of drug-likeness (QED) is 0.141. The fraction of sp³-hybridized carbons (Fsp3) is 0. The summed E-state index contributed by atoms with van der Waals surface area (Å²) in [5, 5.41) is 2.47. The van der Waals surface area contributed by atoms with Crippen LogP contribution in [0.1, 0.15) is 0 Å². The molecule has 0 radical (unpaired) electrons. The van der Waals surface area contributed by atoms with Crippen LogP contribution in [0.3, 0.4) is 0 Å². The van der Waals surface area contributed by atoms with Crippen molar-refractivity contribution in [3.63, 3.8) is 0 Å². The molecule has 62 heavy (non-hydrogen) atoms. The van der Waals surface area contributed by atoms with Gasteiger partial charge in [-0.05, 0) is 105 Å². The molecule has 0 atom stereocenters. The summed E-state index contributed by atoms with van der Waals surface area (Å²) in [6.07, 6.45) is 0. The Kier molecular flexibility index (Phi) is 9.57. The molecule has 0 N–H and O–H groups in total. The summed E-state index contributed by atoms with van der Waals surface area (Å²) in [5.74, 6) is 0. The summed E-state index contributed by atoms with van der Waals surface area (Å²) in [6, 6.07) is 92.1. The Balaban J connectivity index is 1.16. The highest BCUT2D eigenvalue weighted by atomic mass is 15.1. The van der Waals surface area contributed by atoms with Crippen LogP contribution < -0.4 is 4.90 Å². The normalized spacial score (nSPS) is 11.2. The second-order valence-electron chi connectivity index (χ2n) is 15.7. The number of hydrogen-bond acceptors (Lipinski definition) is 1. The van der Waals surface area contributed by atoms with Gasteiger partial charge in [0.15, 0.2) is 0 Å². The van der Waals surface area contributed by atoms with E-state index >= 15 is 0 Å². The van der Waals surface area contributed by atoms with E-state index in [1.54, 1.807) is 0 Å². The molecule has 0 spiro atoms. The van der Waals surface area contributed by atoms with Crippen molar-refractivity contribution in [3.8, 4) is 61.3 Å². The fourth-order valence-electron chi connectivity index (χ4n) is 9.23. The van der Waals surface area contributed by atoms with Gasteiger partial charge in [-0.3, -0.25) is 0 Å². The standard InChI is InChI=1S/C60H42N2/c1-5-20-43(21-6-1)44-38-40-49(41-39-44)61(57-36-18-33-52(46-24-9-3-10-25-46)59(57)54-31-14-13-30-51(54)45-22-7-2-8-23-45)50-29-17-26-47(42-50)53-34-19-37-58-60(53)55-32-15-16-35-56(55)62(58)48-27-11-4-12-28-48/h1-42H. The van der Waals surface area contributed by atoms with Gasteiger partial charge in [-0.15, -0.1) is 0 Å². The van der Waals surface area contributed by atoms with Crippen molar-refractivity contribution in [2.75, 3.05) is 4.90 Å². The Morgan fingerprint density at radius 3 is 1.52 bits per heavy atom. The van der Waals surface area contributed by atoms with E-state index in [-0.39, 0.29) is 0 Å². The van der Waals surface area contributed by atoms with Gasteiger partial charge in [0.1, 0.15) is 0 Å². The van der Waals surface area contributed by atoms with Crippen molar-refractivity contribution >= 4 is 38.9 Å². The summed E-state index contributed by atoms with van der Waals surface area (Å²) in [4.78, 5) is 2.45. The summed E-state index contributed by atoms with van der Waals surface area (Å²) >= 11 is 0. The molecule has 0 fully saturated rings. The van der Waals surface area contributed by atoms with Gasteiger partial charge in [0.05, 0.1) is 16.7 Å². The largest absolute Gasteiger partial charge is 0.310 e. The third-order valence-corrected chi connectivity index (χ3v) is 12.0. The Hall–Kier alpha value is -8.20. The number of para-hydroxylation sites is 2. The molecule has 2 nitrogen and oxygen atoms in total. The molecule has 0 aliphatic rings. The van der Waals surface area contributed by atoms with Gasteiger partial charge in [0, 0.05) is 33.4 Å². The molecule has 0 unspecified atom stereocenters. The van der Waals surface area contributed by atoms with E-state index in [9.17, 15) is 0 Å². The minimum atomic E-state index is 1.07. The SMILES string of the molecule is c1ccc(-c2ccc(N(c3cccc(-c4cccc5c4c4ccccc4n5-c4ccccc4)c3)c3cccc(-c4ccccc4)c3-c3ccccc3-c3ccccc3)cc2)cc1. The molecule has 0 saturated carbocycles. The van der Waals surface area contributed by atoms with E-state index in [4.69, 9.17) is 0 Å². The minimum Gasteiger partial charge on any atom is -0.310 e. The lowest BCUT2D eigenvalue weighted by Crippen LogP contribution is -2.12. The van der Waals surface area contributed by atoms with Gasteiger partial charge in [-0.2, -0.15) is 0 Å². The van der Waals surface area contributed by atoms with Crippen molar-refractivity contribution in [2.45, 2.75) is 0 Å². The lowest BCUT2D eigenvalue weighted by atomic mass is 9.87. The maximum Gasteiger partial charge on any atom is 0.0547 e. The molecule has 11 aromatic rings. The molecular weight excluding hydrogens is 749 g/mol. The number of aromatic nitrogens is 1. The number of rotatable bonds is 9. The van der Waals surface area contributed by atoms with Gasteiger partial charge in [0.25, 0.3) is 0 Å². The zero-order valence-electron chi connectivity index (χ0n) is 34.1. The van der Waals surface area contributed by atoms with Crippen LogP contribution in [0.5, 0.6) is 0 Å². The van der Waals surface area contributed by atoms with Crippen molar-refractivity contribution in [2.24, 2.45) is 0 Å². The van der Waals surface area contributed by atoms with E-state index in [1.165, 1.54) is 71.9 Å². The predicted octanol–water partition coefficient (Wildman–Crippen LogP) is 16.6. The maximum absolute atomic E-state index is 2.45. The average Bonchev–Trinajstić information content (AvgIpc) is 3.70. The minimum absolute atomic E-state index is 1.07. The maximum atomic E-state index is 2.45. The Morgan fingerprint density at radius 1 is 0.290 bits per heavy atom. The van der Waals surface area contributed by atoms with Crippen LogP contribution >= 0.6 is 0 Å². The average molecular weight is 791 g/mol. The van der Waals surface area contributed by atoms with Crippen molar-refractivity contribution in [1.29, 1.82) is 0 Å². The number of benzene rings is 10. The second-order valence-corrected chi connectivity index (χ2v) is 15.7. The molecule has 0 aliphatic carbocycles. The third-order valence-electron chi connectivity index (χ3n) is 12.0. The number of anilines is 3. The molecule has 11 rings (SSSR count). The van der Waals surface area contributed by atoms with Crippen LogP contribution in [0.25, 0.3) is 83.1 Å². The van der Waals surface area contributed by atoms with E-state index in [0.717, 1.165) is 28.3 Å². The first-order valence-corrected chi connectivity index (χ1v) is 21.3. The molecule has 2 heteroatoms. The summed E-state index contributed by atoms with van der Waals surface area (Å²) < 4.78 is 2.39. The van der Waals surface area contributed by atoms with Crippen LogP contribution in [0, 0.1) is 0 Å². The third kappa shape index (κ3) is 6.65. The molecule has 292 valence electrons. The van der Waals surface area contributed by atoms with E-state index in [1.807, 2.05) is 0 Å². The first kappa shape index (κ1) is 36.8. The first-order valence-electron chi connectivity index (χ1n) is 21.3. The van der Waals surface area contributed by atoms with Crippen molar-refractivity contribution in [3.05, 3.63) is 255 Å². The molecule has 1 aromatic heterocycles. The van der Waals surface area contributed by atoms with Gasteiger partial charge in [-0.1, -0.05) is 200 Å². The topological polar surface area (TPSA) is 8.17 Å². The summed E-state index contributed by atoms with van der Waals surface area (Å²) in [5.41, 5.74) is 18.5. The van der Waals surface area contributed by atoms with Gasteiger partial charge >= 0.3 is 0 Å². The Morgan fingerprint density at radius 2 is 0.790 bits per heavy atom. The fourth-order valence-corrected chi connectivity index (χ4v) is 9.23. The molecule has 0 aliphatic heterocycles. The summed E-state index contributed by atoms with van der Waals surface area (Å²) in [6.45, 7) is 0. The zero-order chi connectivity index (χ0) is 41.2.